The zero-order chi connectivity index (χ0) is 18.9. The van der Waals surface area contributed by atoms with E-state index in [0.29, 0.717) is 42.4 Å². The van der Waals surface area contributed by atoms with E-state index in [2.05, 4.69) is 10.3 Å². The van der Waals surface area contributed by atoms with Crippen molar-refractivity contribution in [1.82, 2.24) is 0 Å². The third-order valence-electron chi connectivity index (χ3n) is 3.43. The third kappa shape index (κ3) is 5.91. The fourth-order valence-corrected chi connectivity index (χ4v) is 2.38. The summed E-state index contributed by atoms with van der Waals surface area (Å²) < 4.78 is 37.4. The Hall–Kier alpha value is -2.83. The first-order valence-corrected chi connectivity index (χ1v) is 8.43. The SMILES string of the molecule is CCOc1ccc(OCC)c(NC(N)=NCCc2cc(F)cc(F)c2)c1. The molecule has 0 unspecified atom stereocenters. The van der Waals surface area contributed by atoms with Gasteiger partial charge in [0, 0.05) is 18.7 Å². The van der Waals surface area contributed by atoms with Gasteiger partial charge in [-0.3, -0.25) is 4.99 Å². The molecule has 0 amide bonds. The lowest BCUT2D eigenvalue weighted by molar-refractivity contribution is 0.332. The van der Waals surface area contributed by atoms with Crippen LogP contribution < -0.4 is 20.5 Å². The van der Waals surface area contributed by atoms with Crippen LogP contribution in [0.2, 0.25) is 0 Å². The topological polar surface area (TPSA) is 68.9 Å². The predicted molar refractivity (Wildman–Crippen MR) is 99.0 cm³/mol. The number of nitrogens with two attached hydrogens (primary N) is 1. The smallest absolute Gasteiger partial charge is 0.193 e. The fraction of sp³-hybridized carbons (Fsp3) is 0.316. The number of anilines is 1. The molecule has 0 aliphatic heterocycles. The van der Waals surface area contributed by atoms with Gasteiger partial charge in [-0.1, -0.05) is 0 Å². The lowest BCUT2D eigenvalue weighted by Gasteiger charge is -2.14. The number of guanidine groups is 1. The third-order valence-corrected chi connectivity index (χ3v) is 3.43. The standard InChI is InChI=1S/C19H23F2N3O2/c1-3-25-16-5-6-18(26-4-2)17(12-16)24-19(22)23-8-7-13-9-14(20)11-15(21)10-13/h5-6,9-12H,3-4,7-8H2,1-2H3,(H3,22,23,24). The van der Waals surface area contributed by atoms with Crippen molar-refractivity contribution >= 4 is 11.6 Å². The van der Waals surface area contributed by atoms with E-state index in [4.69, 9.17) is 15.2 Å². The summed E-state index contributed by atoms with van der Waals surface area (Å²) in [7, 11) is 0. The Morgan fingerprint density at radius 1 is 1.04 bits per heavy atom. The number of rotatable bonds is 8. The number of aliphatic imine (C=N–C) groups is 1. The quantitative estimate of drug-likeness (QED) is 0.554. The van der Waals surface area contributed by atoms with Crippen LogP contribution in [-0.4, -0.2) is 25.7 Å². The van der Waals surface area contributed by atoms with Gasteiger partial charge in [-0.15, -0.1) is 0 Å². The van der Waals surface area contributed by atoms with Crippen LogP contribution in [0.25, 0.3) is 0 Å². The van der Waals surface area contributed by atoms with Gasteiger partial charge in [0.25, 0.3) is 0 Å². The van der Waals surface area contributed by atoms with Crippen LogP contribution in [0, 0.1) is 11.6 Å². The Kier molecular flexibility index (Phi) is 7.20. The molecule has 0 radical (unpaired) electrons. The van der Waals surface area contributed by atoms with Crippen LogP contribution in [0.5, 0.6) is 11.5 Å². The first-order valence-electron chi connectivity index (χ1n) is 8.43. The van der Waals surface area contributed by atoms with Gasteiger partial charge in [-0.25, -0.2) is 8.78 Å². The molecule has 0 fully saturated rings. The monoisotopic (exact) mass is 363 g/mol. The number of nitrogens with zero attached hydrogens (tertiary/aromatic N) is 1. The van der Waals surface area contributed by atoms with Crippen molar-refractivity contribution in [3.05, 3.63) is 53.6 Å². The van der Waals surface area contributed by atoms with Crippen LogP contribution in [0.4, 0.5) is 14.5 Å². The summed E-state index contributed by atoms with van der Waals surface area (Å²) >= 11 is 0. The first kappa shape index (κ1) is 19.5. The number of benzene rings is 2. The molecule has 0 saturated heterocycles. The van der Waals surface area contributed by atoms with Gasteiger partial charge in [-0.2, -0.15) is 0 Å². The molecule has 0 atom stereocenters. The molecule has 7 heteroatoms. The van der Waals surface area contributed by atoms with Crippen LogP contribution in [0.3, 0.4) is 0 Å². The molecule has 0 aliphatic carbocycles. The van der Waals surface area contributed by atoms with Crippen molar-refractivity contribution < 1.29 is 18.3 Å². The molecule has 5 nitrogen and oxygen atoms in total. The normalized spacial score (nSPS) is 11.3. The number of nitrogens with one attached hydrogen (secondary N) is 1. The van der Waals surface area contributed by atoms with Crippen molar-refractivity contribution in [2.24, 2.45) is 10.7 Å². The maximum absolute atomic E-state index is 13.2. The van der Waals surface area contributed by atoms with Crippen molar-refractivity contribution in [3.8, 4) is 11.5 Å². The predicted octanol–water partition coefficient (Wildman–Crippen LogP) is 3.73. The zero-order valence-electron chi connectivity index (χ0n) is 14.9. The maximum atomic E-state index is 13.2. The lowest BCUT2D eigenvalue weighted by Crippen LogP contribution is -2.23. The Morgan fingerprint density at radius 3 is 2.38 bits per heavy atom. The average Bonchev–Trinajstić information content (AvgIpc) is 2.57. The molecule has 3 N–H and O–H groups in total. The number of halogens is 2. The molecule has 0 heterocycles. The molecule has 0 saturated carbocycles. The second-order valence-electron chi connectivity index (χ2n) is 5.44. The highest BCUT2D eigenvalue weighted by Crippen LogP contribution is 2.29. The molecule has 0 aliphatic rings. The molecule has 0 spiro atoms. The van der Waals surface area contributed by atoms with E-state index >= 15 is 0 Å². The lowest BCUT2D eigenvalue weighted by atomic mass is 10.1. The highest BCUT2D eigenvalue weighted by atomic mass is 19.1. The van der Waals surface area contributed by atoms with Crippen molar-refractivity contribution in [3.63, 3.8) is 0 Å². The summed E-state index contributed by atoms with van der Waals surface area (Å²) in [4.78, 5) is 4.19. The minimum Gasteiger partial charge on any atom is -0.494 e. The van der Waals surface area contributed by atoms with Crippen molar-refractivity contribution in [2.75, 3.05) is 25.1 Å². The summed E-state index contributed by atoms with van der Waals surface area (Å²) in [6, 6.07) is 8.77. The van der Waals surface area contributed by atoms with E-state index in [1.54, 1.807) is 12.1 Å². The van der Waals surface area contributed by atoms with Gasteiger partial charge in [0.15, 0.2) is 5.96 Å². The molecular formula is C19H23F2N3O2. The summed E-state index contributed by atoms with van der Waals surface area (Å²) in [5.41, 5.74) is 7.07. The number of ether oxygens (including phenoxy) is 2. The Labute approximate surface area is 151 Å². The Bertz CT molecular complexity index is 746. The summed E-state index contributed by atoms with van der Waals surface area (Å²) in [5.74, 6) is 0.271. The van der Waals surface area contributed by atoms with Gasteiger partial charge in [-0.05, 0) is 50.1 Å². The minimum absolute atomic E-state index is 0.177. The van der Waals surface area contributed by atoms with Gasteiger partial charge in [0.1, 0.15) is 23.1 Å². The van der Waals surface area contributed by atoms with Crippen molar-refractivity contribution in [2.45, 2.75) is 20.3 Å². The van der Waals surface area contributed by atoms with E-state index in [9.17, 15) is 8.78 Å². The largest absolute Gasteiger partial charge is 0.494 e. The Morgan fingerprint density at radius 2 is 1.73 bits per heavy atom. The van der Waals surface area contributed by atoms with E-state index in [1.807, 2.05) is 19.9 Å². The van der Waals surface area contributed by atoms with Gasteiger partial charge in [0.05, 0.1) is 18.9 Å². The molecule has 2 rings (SSSR count). The van der Waals surface area contributed by atoms with Gasteiger partial charge < -0.3 is 20.5 Å². The molecule has 2 aromatic carbocycles. The highest BCUT2D eigenvalue weighted by Gasteiger charge is 2.07. The zero-order valence-corrected chi connectivity index (χ0v) is 14.9. The second kappa shape index (κ2) is 9.60. The van der Waals surface area contributed by atoms with Crippen LogP contribution in [-0.2, 0) is 6.42 Å². The maximum Gasteiger partial charge on any atom is 0.193 e. The molecule has 26 heavy (non-hydrogen) atoms. The average molecular weight is 363 g/mol. The number of hydrogen-bond donors (Lipinski definition) is 2. The fourth-order valence-electron chi connectivity index (χ4n) is 2.38. The highest BCUT2D eigenvalue weighted by molar-refractivity contribution is 5.94. The molecule has 0 bridgehead atoms. The summed E-state index contributed by atoms with van der Waals surface area (Å²) in [6.45, 7) is 5.12. The minimum atomic E-state index is -0.607. The van der Waals surface area contributed by atoms with E-state index in [0.717, 1.165) is 6.07 Å². The van der Waals surface area contributed by atoms with Crippen LogP contribution in [0.1, 0.15) is 19.4 Å². The molecule has 140 valence electrons. The Balaban J connectivity index is 2.03. The first-order chi connectivity index (χ1) is 12.5. The van der Waals surface area contributed by atoms with Crippen LogP contribution in [0.15, 0.2) is 41.4 Å². The molecule has 0 aromatic heterocycles. The van der Waals surface area contributed by atoms with E-state index in [1.165, 1.54) is 12.1 Å². The molecule has 2 aromatic rings. The second-order valence-corrected chi connectivity index (χ2v) is 5.44. The summed E-state index contributed by atoms with van der Waals surface area (Å²) in [6.07, 6.45) is 0.369. The molecular weight excluding hydrogens is 340 g/mol. The van der Waals surface area contributed by atoms with Crippen LogP contribution >= 0.6 is 0 Å². The van der Waals surface area contributed by atoms with Crippen molar-refractivity contribution in [1.29, 1.82) is 0 Å². The van der Waals surface area contributed by atoms with E-state index in [-0.39, 0.29) is 12.5 Å². The van der Waals surface area contributed by atoms with Gasteiger partial charge >= 0.3 is 0 Å². The van der Waals surface area contributed by atoms with Gasteiger partial charge in [0.2, 0.25) is 0 Å². The van der Waals surface area contributed by atoms with E-state index < -0.39 is 11.6 Å². The number of hydrogen-bond acceptors (Lipinski definition) is 3. The summed E-state index contributed by atoms with van der Waals surface area (Å²) in [5, 5.41) is 2.98.